The fourth-order valence-corrected chi connectivity index (χ4v) is 3.81. The Morgan fingerprint density at radius 2 is 2.21 bits per heavy atom. The van der Waals surface area contributed by atoms with Crippen LogP contribution in [0, 0.1) is 0 Å². The highest BCUT2D eigenvalue weighted by Gasteiger charge is 2.33. The molecule has 0 bridgehead atoms. The van der Waals surface area contributed by atoms with E-state index in [1.807, 2.05) is 41.0 Å². The van der Waals surface area contributed by atoms with E-state index in [-0.39, 0.29) is 23.8 Å². The molecular formula is C18H24ClN3O2. The predicted octanol–water partition coefficient (Wildman–Crippen LogP) is 1.87. The lowest BCUT2D eigenvalue weighted by Crippen LogP contribution is -2.57. The Morgan fingerprint density at radius 3 is 2.96 bits per heavy atom. The SMILES string of the molecule is CC(C(=O)N1CCCC(N2CCNCC2=O)C1)c1cccc(Cl)c1. The number of halogens is 1. The van der Waals surface area contributed by atoms with E-state index >= 15 is 0 Å². The van der Waals surface area contributed by atoms with Crippen LogP contribution in [-0.4, -0.2) is 60.4 Å². The van der Waals surface area contributed by atoms with Crippen molar-refractivity contribution in [2.75, 3.05) is 32.7 Å². The van der Waals surface area contributed by atoms with Crippen LogP contribution in [0.25, 0.3) is 0 Å². The molecule has 3 rings (SSSR count). The van der Waals surface area contributed by atoms with Crippen LogP contribution in [0.1, 0.15) is 31.2 Å². The van der Waals surface area contributed by atoms with Crippen molar-refractivity contribution in [3.8, 4) is 0 Å². The first kappa shape index (κ1) is 17.2. The molecule has 0 saturated carbocycles. The zero-order valence-corrected chi connectivity index (χ0v) is 14.8. The number of hydrogen-bond acceptors (Lipinski definition) is 3. The highest BCUT2D eigenvalue weighted by atomic mass is 35.5. The summed E-state index contributed by atoms with van der Waals surface area (Å²) in [5.41, 5.74) is 0.938. The van der Waals surface area contributed by atoms with Gasteiger partial charge in [-0.1, -0.05) is 23.7 Å². The molecular weight excluding hydrogens is 326 g/mol. The van der Waals surface area contributed by atoms with E-state index in [4.69, 9.17) is 11.6 Å². The third kappa shape index (κ3) is 3.73. The van der Waals surface area contributed by atoms with Crippen LogP contribution in [0.15, 0.2) is 24.3 Å². The Balaban J connectivity index is 1.67. The molecule has 0 aromatic heterocycles. The lowest BCUT2D eigenvalue weighted by molar-refractivity contribution is -0.141. The number of benzene rings is 1. The van der Waals surface area contributed by atoms with Crippen LogP contribution in [0.4, 0.5) is 0 Å². The molecule has 24 heavy (non-hydrogen) atoms. The van der Waals surface area contributed by atoms with Gasteiger partial charge in [0.05, 0.1) is 12.5 Å². The normalized spacial score (nSPS) is 23.2. The van der Waals surface area contributed by atoms with Crippen LogP contribution >= 0.6 is 11.6 Å². The van der Waals surface area contributed by atoms with E-state index in [0.29, 0.717) is 18.1 Å². The molecule has 6 heteroatoms. The van der Waals surface area contributed by atoms with Gasteiger partial charge < -0.3 is 15.1 Å². The molecule has 2 heterocycles. The Morgan fingerprint density at radius 1 is 1.38 bits per heavy atom. The number of piperazine rings is 1. The van der Waals surface area contributed by atoms with Gasteiger partial charge in [0.2, 0.25) is 11.8 Å². The molecule has 130 valence electrons. The van der Waals surface area contributed by atoms with Gasteiger partial charge in [-0.25, -0.2) is 0 Å². The lowest BCUT2D eigenvalue weighted by Gasteiger charge is -2.41. The number of hydrogen-bond donors (Lipinski definition) is 1. The Bertz CT molecular complexity index is 622. The smallest absolute Gasteiger partial charge is 0.236 e. The number of likely N-dealkylation sites (tertiary alicyclic amines) is 1. The molecule has 1 aromatic rings. The van der Waals surface area contributed by atoms with Crippen LogP contribution in [-0.2, 0) is 9.59 Å². The first-order valence-corrected chi connectivity index (χ1v) is 8.98. The second kappa shape index (κ2) is 7.53. The third-order valence-corrected chi connectivity index (χ3v) is 5.23. The lowest BCUT2D eigenvalue weighted by atomic mass is 9.97. The zero-order chi connectivity index (χ0) is 17.1. The summed E-state index contributed by atoms with van der Waals surface area (Å²) in [6, 6.07) is 7.62. The van der Waals surface area contributed by atoms with Crippen LogP contribution < -0.4 is 5.32 Å². The minimum absolute atomic E-state index is 0.115. The average molecular weight is 350 g/mol. The maximum atomic E-state index is 12.9. The molecule has 2 aliphatic heterocycles. The Labute approximate surface area is 147 Å². The van der Waals surface area contributed by atoms with Crippen molar-refractivity contribution in [2.45, 2.75) is 31.7 Å². The number of nitrogens with one attached hydrogen (secondary N) is 1. The number of amides is 2. The average Bonchev–Trinajstić information content (AvgIpc) is 2.61. The predicted molar refractivity (Wildman–Crippen MR) is 94.1 cm³/mol. The Hall–Kier alpha value is -1.59. The van der Waals surface area contributed by atoms with E-state index in [2.05, 4.69) is 5.32 Å². The van der Waals surface area contributed by atoms with Gasteiger partial charge in [0.25, 0.3) is 0 Å². The van der Waals surface area contributed by atoms with Crippen LogP contribution in [0.2, 0.25) is 5.02 Å². The second-order valence-corrected chi connectivity index (χ2v) is 7.06. The van der Waals surface area contributed by atoms with E-state index < -0.39 is 0 Å². The topological polar surface area (TPSA) is 52.7 Å². The van der Waals surface area contributed by atoms with Gasteiger partial charge in [0.1, 0.15) is 0 Å². The molecule has 2 amide bonds. The first-order chi connectivity index (χ1) is 11.6. The number of rotatable bonds is 3. The third-order valence-electron chi connectivity index (χ3n) is 4.99. The van der Waals surface area contributed by atoms with Gasteiger partial charge in [-0.05, 0) is 37.5 Å². The fourth-order valence-electron chi connectivity index (χ4n) is 3.61. The molecule has 0 radical (unpaired) electrons. The van der Waals surface area contributed by atoms with Gasteiger partial charge in [-0.2, -0.15) is 0 Å². The van der Waals surface area contributed by atoms with Crippen molar-refractivity contribution >= 4 is 23.4 Å². The number of nitrogens with zero attached hydrogens (tertiary/aromatic N) is 2. The molecule has 2 unspecified atom stereocenters. The summed E-state index contributed by atoms with van der Waals surface area (Å²) in [6.45, 7) is 5.29. The van der Waals surface area contributed by atoms with Crippen molar-refractivity contribution in [1.29, 1.82) is 0 Å². The molecule has 2 fully saturated rings. The van der Waals surface area contributed by atoms with E-state index in [9.17, 15) is 9.59 Å². The van der Waals surface area contributed by atoms with Crippen molar-refractivity contribution in [2.24, 2.45) is 0 Å². The minimum atomic E-state index is -0.221. The molecule has 0 aliphatic carbocycles. The van der Waals surface area contributed by atoms with Gasteiger partial charge in [0.15, 0.2) is 0 Å². The monoisotopic (exact) mass is 349 g/mol. The quantitative estimate of drug-likeness (QED) is 0.906. The summed E-state index contributed by atoms with van der Waals surface area (Å²) in [5, 5.41) is 3.75. The number of carbonyl (C=O) groups is 2. The van der Waals surface area contributed by atoms with Crippen molar-refractivity contribution in [3.63, 3.8) is 0 Å². The summed E-state index contributed by atoms with van der Waals surface area (Å²) in [4.78, 5) is 28.9. The largest absolute Gasteiger partial charge is 0.340 e. The Kier molecular flexibility index (Phi) is 5.41. The van der Waals surface area contributed by atoms with E-state index in [1.54, 1.807) is 0 Å². The summed E-state index contributed by atoms with van der Waals surface area (Å²) in [6.07, 6.45) is 1.91. The summed E-state index contributed by atoms with van der Waals surface area (Å²) < 4.78 is 0. The van der Waals surface area contributed by atoms with Crippen molar-refractivity contribution in [1.82, 2.24) is 15.1 Å². The van der Waals surface area contributed by atoms with Gasteiger partial charge >= 0.3 is 0 Å². The van der Waals surface area contributed by atoms with Gasteiger partial charge in [0, 0.05) is 37.2 Å². The molecule has 2 aliphatic rings. The van der Waals surface area contributed by atoms with Crippen molar-refractivity contribution < 1.29 is 9.59 Å². The fraction of sp³-hybridized carbons (Fsp3) is 0.556. The molecule has 1 N–H and O–H groups in total. The van der Waals surface area contributed by atoms with Crippen LogP contribution in [0.3, 0.4) is 0 Å². The second-order valence-electron chi connectivity index (χ2n) is 6.62. The first-order valence-electron chi connectivity index (χ1n) is 8.60. The van der Waals surface area contributed by atoms with Crippen molar-refractivity contribution in [3.05, 3.63) is 34.9 Å². The van der Waals surface area contributed by atoms with Gasteiger partial charge in [-0.3, -0.25) is 9.59 Å². The summed E-state index contributed by atoms with van der Waals surface area (Å²) in [7, 11) is 0. The summed E-state index contributed by atoms with van der Waals surface area (Å²) >= 11 is 6.05. The maximum absolute atomic E-state index is 12.9. The number of piperidine rings is 1. The highest BCUT2D eigenvalue weighted by Crippen LogP contribution is 2.24. The summed E-state index contributed by atoms with van der Waals surface area (Å²) in [5.74, 6) is 0.0363. The van der Waals surface area contributed by atoms with Crippen LogP contribution in [0.5, 0.6) is 0 Å². The van der Waals surface area contributed by atoms with E-state index in [1.165, 1.54) is 0 Å². The standard InChI is InChI=1S/C18H24ClN3O2/c1-13(14-4-2-5-15(19)10-14)18(24)21-8-3-6-16(12-21)22-9-7-20-11-17(22)23/h2,4-5,10,13,16,20H,3,6-9,11-12H2,1H3. The molecule has 2 saturated heterocycles. The molecule has 2 atom stereocenters. The maximum Gasteiger partial charge on any atom is 0.236 e. The number of carbonyl (C=O) groups excluding carboxylic acids is 2. The van der Waals surface area contributed by atoms with E-state index in [0.717, 1.165) is 38.0 Å². The minimum Gasteiger partial charge on any atom is -0.340 e. The molecule has 0 spiro atoms. The zero-order valence-electron chi connectivity index (χ0n) is 14.0. The molecule has 1 aromatic carbocycles. The molecule has 5 nitrogen and oxygen atoms in total. The highest BCUT2D eigenvalue weighted by molar-refractivity contribution is 6.30. The van der Waals surface area contributed by atoms with Gasteiger partial charge in [-0.15, -0.1) is 0 Å².